The van der Waals surface area contributed by atoms with E-state index in [1.54, 1.807) is 6.92 Å². The number of rotatable bonds is 11. The number of carbonyl (C=O) groups is 4. The van der Waals surface area contributed by atoms with Crippen molar-refractivity contribution >= 4 is 23.7 Å². The lowest BCUT2D eigenvalue weighted by Crippen LogP contribution is -2.55. The van der Waals surface area contributed by atoms with Crippen LogP contribution >= 0.6 is 0 Å². The molecule has 0 aliphatic rings. The Labute approximate surface area is 148 Å². The molecule has 0 spiro atoms. The lowest BCUT2D eigenvalue weighted by molar-refractivity contribution is -0.143. The highest BCUT2D eigenvalue weighted by Gasteiger charge is 2.29. The third kappa shape index (κ3) is 9.04. The first-order chi connectivity index (χ1) is 11.6. The summed E-state index contributed by atoms with van der Waals surface area (Å²) in [5.74, 6) is -2.85. The van der Waals surface area contributed by atoms with E-state index in [9.17, 15) is 24.3 Å². The lowest BCUT2D eigenvalue weighted by atomic mass is 9.97. The van der Waals surface area contributed by atoms with E-state index in [1.807, 2.05) is 20.8 Å². The SMILES string of the molecule is CCC(C)C(NC(=O)C(CC(C)C)NC(=O)CNC(=O)CN)C(=O)O. The zero-order valence-electron chi connectivity index (χ0n) is 15.3. The molecule has 0 bridgehead atoms. The zero-order valence-corrected chi connectivity index (χ0v) is 15.3. The second-order valence-electron chi connectivity index (χ2n) is 6.44. The molecule has 0 heterocycles. The van der Waals surface area contributed by atoms with Crippen molar-refractivity contribution < 1.29 is 24.3 Å². The number of carboxylic acids is 1. The molecule has 0 saturated carbocycles. The number of hydrogen-bond acceptors (Lipinski definition) is 5. The minimum Gasteiger partial charge on any atom is -0.480 e. The van der Waals surface area contributed by atoms with Crippen molar-refractivity contribution in [3.8, 4) is 0 Å². The van der Waals surface area contributed by atoms with Crippen LogP contribution in [0.2, 0.25) is 0 Å². The van der Waals surface area contributed by atoms with Crippen LogP contribution in [0, 0.1) is 11.8 Å². The molecule has 25 heavy (non-hydrogen) atoms. The topological polar surface area (TPSA) is 151 Å². The number of carboxylic acid groups (broad SMARTS) is 1. The van der Waals surface area contributed by atoms with E-state index >= 15 is 0 Å². The molecule has 0 aliphatic heterocycles. The van der Waals surface area contributed by atoms with Crippen molar-refractivity contribution in [2.75, 3.05) is 13.1 Å². The van der Waals surface area contributed by atoms with Gasteiger partial charge in [0.1, 0.15) is 12.1 Å². The van der Waals surface area contributed by atoms with Gasteiger partial charge in [-0.2, -0.15) is 0 Å². The Morgan fingerprint density at radius 2 is 1.64 bits per heavy atom. The standard InChI is InChI=1S/C16H30N4O5/c1-5-10(4)14(16(24)25)20-15(23)11(6-9(2)3)19-13(22)8-18-12(21)7-17/h9-11,14H,5-8,17H2,1-4H3,(H,18,21)(H,19,22)(H,20,23)(H,24,25). The summed E-state index contributed by atoms with van der Waals surface area (Å²) in [5, 5.41) is 16.6. The summed E-state index contributed by atoms with van der Waals surface area (Å²) in [6.07, 6.45) is 0.929. The van der Waals surface area contributed by atoms with Crippen LogP contribution < -0.4 is 21.7 Å². The highest BCUT2D eigenvalue weighted by molar-refractivity contribution is 5.92. The van der Waals surface area contributed by atoms with Gasteiger partial charge in [-0.05, 0) is 18.3 Å². The summed E-state index contributed by atoms with van der Waals surface area (Å²) in [6.45, 7) is 6.79. The molecule has 0 fully saturated rings. The van der Waals surface area contributed by atoms with Crippen molar-refractivity contribution in [2.24, 2.45) is 17.6 Å². The maximum absolute atomic E-state index is 12.4. The molecule has 3 unspecified atom stereocenters. The molecule has 144 valence electrons. The van der Waals surface area contributed by atoms with Gasteiger partial charge in [0.05, 0.1) is 13.1 Å². The van der Waals surface area contributed by atoms with Gasteiger partial charge in [-0.25, -0.2) is 4.79 Å². The van der Waals surface area contributed by atoms with E-state index in [1.165, 1.54) is 0 Å². The van der Waals surface area contributed by atoms with Gasteiger partial charge in [0.25, 0.3) is 0 Å². The van der Waals surface area contributed by atoms with Crippen molar-refractivity contribution in [3.63, 3.8) is 0 Å². The second kappa shape index (κ2) is 11.4. The molecule has 0 aromatic carbocycles. The molecule has 0 aromatic rings. The van der Waals surface area contributed by atoms with E-state index in [0.29, 0.717) is 12.8 Å². The highest BCUT2D eigenvalue weighted by atomic mass is 16.4. The Morgan fingerprint density at radius 3 is 2.08 bits per heavy atom. The smallest absolute Gasteiger partial charge is 0.326 e. The predicted molar refractivity (Wildman–Crippen MR) is 92.5 cm³/mol. The van der Waals surface area contributed by atoms with Gasteiger partial charge >= 0.3 is 5.97 Å². The van der Waals surface area contributed by atoms with Crippen LogP contribution in [0.4, 0.5) is 0 Å². The van der Waals surface area contributed by atoms with Gasteiger partial charge in [-0.1, -0.05) is 34.1 Å². The van der Waals surface area contributed by atoms with Crippen LogP contribution in [0.25, 0.3) is 0 Å². The van der Waals surface area contributed by atoms with Gasteiger partial charge in [-0.3, -0.25) is 14.4 Å². The van der Waals surface area contributed by atoms with Crippen molar-refractivity contribution in [2.45, 2.75) is 52.6 Å². The largest absolute Gasteiger partial charge is 0.480 e. The first kappa shape index (κ1) is 22.8. The Morgan fingerprint density at radius 1 is 1.04 bits per heavy atom. The average Bonchev–Trinajstić information content (AvgIpc) is 2.55. The van der Waals surface area contributed by atoms with Crippen molar-refractivity contribution in [3.05, 3.63) is 0 Å². The number of carbonyl (C=O) groups excluding carboxylic acids is 3. The van der Waals surface area contributed by atoms with Crippen molar-refractivity contribution in [1.29, 1.82) is 0 Å². The molecular weight excluding hydrogens is 328 g/mol. The fourth-order valence-corrected chi connectivity index (χ4v) is 2.14. The number of nitrogens with one attached hydrogen (secondary N) is 3. The summed E-state index contributed by atoms with van der Waals surface area (Å²) >= 11 is 0. The zero-order chi connectivity index (χ0) is 19.6. The molecule has 6 N–H and O–H groups in total. The molecular formula is C16H30N4O5. The van der Waals surface area contributed by atoms with E-state index < -0.39 is 35.8 Å². The number of amides is 3. The first-order valence-electron chi connectivity index (χ1n) is 8.41. The van der Waals surface area contributed by atoms with Gasteiger partial charge in [0, 0.05) is 0 Å². The summed E-state index contributed by atoms with van der Waals surface area (Å²) in [6, 6.07) is -1.91. The van der Waals surface area contributed by atoms with Gasteiger partial charge in [0.2, 0.25) is 17.7 Å². The van der Waals surface area contributed by atoms with Crippen LogP contribution in [0.5, 0.6) is 0 Å². The van der Waals surface area contributed by atoms with E-state index in [-0.39, 0.29) is 24.9 Å². The Bertz CT molecular complexity index is 481. The second-order valence-corrected chi connectivity index (χ2v) is 6.44. The summed E-state index contributed by atoms with van der Waals surface area (Å²) < 4.78 is 0. The quantitative estimate of drug-likeness (QED) is 0.326. The fraction of sp³-hybridized carbons (Fsp3) is 0.750. The molecule has 3 amide bonds. The highest BCUT2D eigenvalue weighted by Crippen LogP contribution is 2.10. The van der Waals surface area contributed by atoms with Crippen LogP contribution in [0.15, 0.2) is 0 Å². The third-order valence-corrected chi connectivity index (χ3v) is 3.77. The normalized spacial score (nSPS) is 14.3. The average molecular weight is 358 g/mol. The molecule has 3 atom stereocenters. The van der Waals surface area contributed by atoms with Gasteiger partial charge in [0.15, 0.2) is 0 Å². The number of nitrogens with two attached hydrogens (primary N) is 1. The van der Waals surface area contributed by atoms with E-state index in [2.05, 4.69) is 16.0 Å². The van der Waals surface area contributed by atoms with Gasteiger partial charge < -0.3 is 26.8 Å². The maximum Gasteiger partial charge on any atom is 0.326 e. The number of hydrogen-bond donors (Lipinski definition) is 5. The summed E-state index contributed by atoms with van der Waals surface area (Å²) in [4.78, 5) is 46.8. The van der Waals surface area contributed by atoms with E-state index in [4.69, 9.17) is 5.73 Å². The Kier molecular flexibility index (Phi) is 10.4. The first-order valence-corrected chi connectivity index (χ1v) is 8.41. The molecule has 0 rings (SSSR count). The molecule has 0 radical (unpaired) electrons. The number of aliphatic carboxylic acids is 1. The van der Waals surface area contributed by atoms with Crippen molar-refractivity contribution in [1.82, 2.24) is 16.0 Å². The third-order valence-electron chi connectivity index (χ3n) is 3.77. The summed E-state index contributed by atoms with van der Waals surface area (Å²) in [7, 11) is 0. The monoisotopic (exact) mass is 358 g/mol. The minimum atomic E-state index is -1.12. The summed E-state index contributed by atoms with van der Waals surface area (Å²) in [5.41, 5.74) is 5.13. The van der Waals surface area contributed by atoms with Crippen LogP contribution in [0.1, 0.15) is 40.5 Å². The lowest BCUT2D eigenvalue weighted by Gasteiger charge is -2.25. The molecule has 9 heteroatoms. The molecule has 0 saturated heterocycles. The maximum atomic E-state index is 12.4. The van der Waals surface area contributed by atoms with Crippen LogP contribution in [0.3, 0.4) is 0 Å². The molecule has 0 aliphatic carbocycles. The van der Waals surface area contributed by atoms with Crippen LogP contribution in [-0.2, 0) is 19.2 Å². The Balaban J connectivity index is 4.93. The Hall–Kier alpha value is -2.16. The fourth-order valence-electron chi connectivity index (χ4n) is 2.14. The van der Waals surface area contributed by atoms with E-state index in [0.717, 1.165) is 0 Å². The van der Waals surface area contributed by atoms with Gasteiger partial charge in [-0.15, -0.1) is 0 Å². The predicted octanol–water partition coefficient (Wildman–Crippen LogP) is -0.792. The van der Waals surface area contributed by atoms with Crippen LogP contribution in [-0.4, -0.2) is 54.0 Å². The molecule has 0 aromatic heterocycles. The minimum absolute atomic E-state index is 0.0987. The molecule has 9 nitrogen and oxygen atoms in total.